The number of carboxylic acid groups (broad SMARTS) is 1. The molecule has 0 aliphatic rings. The van der Waals surface area contributed by atoms with Crippen molar-refractivity contribution >= 4 is 23.6 Å². The number of hydrogen-bond acceptors (Lipinski definition) is 3. The summed E-state index contributed by atoms with van der Waals surface area (Å²) < 4.78 is 13.2. The molecule has 0 radical (unpaired) electrons. The molecule has 0 aliphatic carbocycles. The Balaban J connectivity index is 2.19. The SMILES string of the molecule is Cc1cc(/C=C(/C#N)C(=O)Nc2ccc(C(=O)O)cc2)ccc1F. The van der Waals surface area contributed by atoms with Crippen molar-refractivity contribution in [2.75, 3.05) is 5.32 Å². The van der Waals surface area contributed by atoms with Gasteiger partial charge in [-0.15, -0.1) is 0 Å². The molecule has 2 aromatic carbocycles. The van der Waals surface area contributed by atoms with E-state index in [0.717, 1.165) is 0 Å². The molecule has 2 aromatic rings. The maximum atomic E-state index is 13.2. The Kier molecular flexibility index (Phi) is 5.07. The molecule has 5 nitrogen and oxygen atoms in total. The average Bonchev–Trinajstić information content (AvgIpc) is 2.56. The zero-order valence-electron chi connectivity index (χ0n) is 12.7. The van der Waals surface area contributed by atoms with E-state index in [4.69, 9.17) is 10.4 Å². The fraction of sp³-hybridized carbons (Fsp3) is 0.0556. The van der Waals surface area contributed by atoms with Crippen LogP contribution in [0.3, 0.4) is 0 Å². The average molecular weight is 324 g/mol. The van der Waals surface area contributed by atoms with E-state index in [2.05, 4.69) is 5.32 Å². The number of rotatable bonds is 4. The highest BCUT2D eigenvalue weighted by Gasteiger charge is 2.10. The van der Waals surface area contributed by atoms with Gasteiger partial charge in [0.25, 0.3) is 5.91 Å². The summed E-state index contributed by atoms with van der Waals surface area (Å²) in [5, 5.41) is 20.5. The quantitative estimate of drug-likeness (QED) is 0.666. The van der Waals surface area contributed by atoms with Gasteiger partial charge >= 0.3 is 5.97 Å². The number of aromatic carboxylic acids is 1. The standard InChI is InChI=1S/C18H13FN2O3/c1-11-8-12(2-7-16(11)19)9-14(10-20)17(22)21-15-5-3-13(4-6-15)18(23)24/h2-9H,1H3,(H,21,22)(H,23,24)/b14-9-. The summed E-state index contributed by atoms with van der Waals surface area (Å²) in [4.78, 5) is 22.9. The molecule has 0 atom stereocenters. The maximum absolute atomic E-state index is 13.2. The molecule has 120 valence electrons. The zero-order chi connectivity index (χ0) is 17.7. The Hall–Kier alpha value is -3.46. The Bertz CT molecular complexity index is 865. The van der Waals surface area contributed by atoms with Crippen LogP contribution in [0.25, 0.3) is 6.08 Å². The lowest BCUT2D eigenvalue weighted by molar-refractivity contribution is -0.112. The van der Waals surface area contributed by atoms with Crippen molar-refractivity contribution in [3.8, 4) is 6.07 Å². The molecule has 0 aliphatic heterocycles. The molecule has 0 saturated heterocycles. The first-order valence-corrected chi connectivity index (χ1v) is 6.93. The third kappa shape index (κ3) is 4.05. The van der Waals surface area contributed by atoms with E-state index in [1.807, 2.05) is 0 Å². The van der Waals surface area contributed by atoms with Crippen LogP contribution in [0.15, 0.2) is 48.0 Å². The van der Waals surface area contributed by atoms with Gasteiger partial charge in [-0.05, 0) is 60.5 Å². The molecule has 24 heavy (non-hydrogen) atoms. The lowest BCUT2D eigenvalue weighted by Crippen LogP contribution is -2.13. The van der Waals surface area contributed by atoms with Gasteiger partial charge in [0.1, 0.15) is 17.5 Å². The maximum Gasteiger partial charge on any atom is 0.335 e. The van der Waals surface area contributed by atoms with Gasteiger partial charge < -0.3 is 10.4 Å². The third-order valence-corrected chi connectivity index (χ3v) is 3.25. The van der Waals surface area contributed by atoms with Gasteiger partial charge in [0.15, 0.2) is 0 Å². The molecule has 2 rings (SSSR count). The Morgan fingerprint density at radius 2 is 1.88 bits per heavy atom. The van der Waals surface area contributed by atoms with Crippen molar-refractivity contribution in [1.29, 1.82) is 5.26 Å². The van der Waals surface area contributed by atoms with E-state index in [1.165, 1.54) is 48.5 Å². The number of amides is 1. The Morgan fingerprint density at radius 1 is 1.21 bits per heavy atom. The van der Waals surface area contributed by atoms with Crippen molar-refractivity contribution in [2.24, 2.45) is 0 Å². The highest BCUT2D eigenvalue weighted by atomic mass is 19.1. The lowest BCUT2D eigenvalue weighted by atomic mass is 10.1. The van der Waals surface area contributed by atoms with Gasteiger partial charge in [0.2, 0.25) is 0 Å². The first-order chi connectivity index (χ1) is 11.4. The summed E-state index contributed by atoms with van der Waals surface area (Å²) in [5.41, 5.74) is 1.24. The number of benzene rings is 2. The first kappa shape index (κ1) is 16.9. The summed E-state index contributed by atoms with van der Waals surface area (Å²) in [6.45, 7) is 1.59. The Morgan fingerprint density at radius 3 is 2.42 bits per heavy atom. The fourth-order valence-electron chi connectivity index (χ4n) is 1.97. The minimum atomic E-state index is -1.07. The number of nitriles is 1. The van der Waals surface area contributed by atoms with Crippen molar-refractivity contribution < 1.29 is 19.1 Å². The molecule has 6 heteroatoms. The monoisotopic (exact) mass is 324 g/mol. The van der Waals surface area contributed by atoms with Gasteiger partial charge in [-0.1, -0.05) is 6.07 Å². The van der Waals surface area contributed by atoms with Crippen molar-refractivity contribution in [3.05, 3.63) is 70.5 Å². The van der Waals surface area contributed by atoms with E-state index >= 15 is 0 Å². The number of nitrogens with one attached hydrogen (secondary N) is 1. The fourth-order valence-corrected chi connectivity index (χ4v) is 1.97. The number of carboxylic acids is 1. The molecule has 1 amide bonds. The third-order valence-electron chi connectivity index (χ3n) is 3.25. The van der Waals surface area contributed by atoms with E-state index in [-0.39, 0.29) is 17.0 Å². The normalized spacial score (nSPS) is 10.8. The van der Waals surface area contributed by atoms with Crippen LogP contribution in [0.2, 0.25) is 0 Å². The predicted octanol–water partition coefficient (Wildman–Crippen LogP) is 3.38. The molecule has 0 spiro atoms. The number of hydrogen-bond donors (Lipinski definition) is 2. The number of anilines is 1. The highest BCUT2D eigenvalue weighted by Crippen LogP contribution is 2.15. The van der Waals surface area contributed by atoms with E-state index in [0.29, 0.717) is 16.8 Å². The summed E-state index contributed by atoms with van der Waals surface area (Å²) in [5.74, 6) is -2.08. The van der Waals surface area contributed by atoms with Crippen LogP contribution in [0.1, 0.15) is 21.5 Å². The summed E-state index contributed by atoms with van der Waals surface area (Å²) in [7, 11) is 0. The van der Waals surface area contributed by atoms with Crippen LogP contribution in [-0.4, -0.2) is 17.0 Å². The molecule has 0 heterocycles. The van der Waals surface area contributed by atoms with E-state index < -0.39 is 11.9 Å². The molecule has 0 bridgehead atoms. The zero-order valence-corrected chi connectivity index (χ0v) is 12.7. The van der Waals surface area contributed by atoms with Crippen molar-refractivity contribution in [3.63, 3.8) is 0 Å². The number of aryl methyl sites for hydroxylation is 1. The Labute approximate surface area is 137 Å². The number of carbonyl (C=O) groups excluding carboxylic acids is 1. The van der Waals surface area contributed by atoms with Gasteiger partial charge in [0.05, 0.1) is 5.56 Å². The second-order valence-electron chi connectivity index (χ2n) is 5.02. The minimum absolute atomic E-state index is 0.0887. The topological polar surface area (TPSA) is 90.2 Å². The van der Waals surface area contributed by atoms with Gasteiger partial charge in [-0.3, -0.25) is 4.79 Å². The smallest absolute Gasteiger partial charge is 0.335 e. The summed E-state index contributed by atoms with van der Waals surface area (Å²) >= 11 is 0. The molecular weight excluding hydrogens is 311 g/mol. The second-order valence-corrected chi connectivity index (χ2v) is 5.02. The highest BCUT2D eigenvalue weighted by molar-refractivity contribution is 6.09. The van der Waals surface area contributed by atoms with Crippen LogP contribution >= 0.6 is 0 Å². The molecule has 0 unspecified atom stereocenters. The molecule has 0 aromatic heterocycles. The number of halogens is 1. The van der Waals surface area contributed by atoms with Gasteiger partial charge in [-0.25, -0.2) is 9.18 Å². The predicted molar refractivity (Wildman–Crippen MR) is 86.8 cm³/mol. The van der Waals surface area contributed by atoms with E-state index in [9.17, 15) is 14.0 Å². The van der Waals surface area contributed by atoms with Crippen molar-refractivity contribution in [1.82, 2.24) is 0 Å². The molecular formula is C18H13FN2O3. The van der Waals surface area contributed by atoms with Crippen LogP contribution in [0.5, 0.6) is 0 Å². The number of carbonyl (C=O) groups is 2. The van der Waals surface area contributed by atoms with Crippen LogP contribution < -0.4 is 5.32 Å². The first-order valence-electron chi connectivity index (χ1n) is 6.93. The second kappa shape index (κ2) is 7.20. The molecule has 2 N–H and O–H groups in total. The van der Waals surface area contributed by atoms with Crippen LogP contribution in [-0.2, 0) is 4.79 Å². The number of nitrogens with zero attached hydrogens (tertiary/aromatic N) is 1. The molecule has 0 saturated carbocycles. The summed E-state index contributed by atoms with van der Waals surface area (Å²) in [6.07, 6.45) is 1.35. The van der Waals surface area contributed by atoms with Crippen LogP contribution in [0.4, 0.5) is 10.1 Å². The largest absolute Gasteiger partial charge is 0.478 e. The van der Waals surface area contributed by atoms with Gasteiger partial charge in [0, 0.05) is 5.69 Å². The molecule has 0 fully saturated rings. The minimum Gasteiger partial charge on any atom is -0.478 e. The summed E-state index contributed by atoms with van der Waals surface area (Å²) in [6, 6.07) is 11.6. The van der Waals surface area contributed by atoms with Crippen molar-refractivity contribution in [2.45, 2.75) is 6.92 Å². The lowest BCUT2D eigenvalue weighted by Gasteiger charge is -2.05. The van der Waals surface area contributed by atoms with E-state index in [1.54, 1.807) is 13.0 Å². The van der Waals surface area contributed by atoms with Gasteiger partial charge in [-0.2, -0.15) is 5.26 Å². The van der Waals surface area contributed by atoms with Crippen LogP contribution in [0, 0.1) is 24.1 Å².